The van der Waals surface area contributed by atoms with Crippen LogP contribution in [-0.2, 0) is 0 Å². The first-order valence-electron chi connectivity index (χ1n) is 4.77. The Morgan fingerprint density at radius 2 is 2.27 bits per heavy atom. The van der Waals surface area contributed by atoms with Crippen LogP contribution in [0.25, 0.3) is 10.2 Å². The van der Waals surface area contributed by atoms with E-state index in [2.05, 4.69) is 16.9 Å². The molecule has 0 saturated heterocycles. The maximum atomic E-state index is 5.82. The van der Waals surface area contributed by atoms with Crippen LogP contribution in [0.15, 0.2) is 6.07 Å². The van der Waals surface area contributed by atoms with E-state index in [9.17, 15) is 0 Å². The Morgan fingerprint density at radius 3 is 3.00 bits per heavy atom. The molecule has 0 aliphatic heterocycles. The second-order valence-corrected chi connectivity index (χ2v) is 4.79. The van der Waals surface area contributed by atoms with Crippen LogP contribution in [0.3, 0.4) is 0 Å². The molecule has 0 aliphatic carbocycles. The summed E-state index contributed by atoms with van der Waals surface area (Å²) < 4.78 is 5.53. The molecule has 2 rings (SSSR count). The third kappa shape index (κ3) is 2.21. The summed E-state index contributed by atoms with van der Waals surface area (Å²) in [4.78, 5) is 10.3. The average molecular weight is 243 g/mol. The Morgan fingerprint density at radius 1 is 1.47 bits per heavy atom. The normalized spacial score (nSPS) is 10.9. The average Bonchev–Trinajstić information content (AvgIpc) is 2.54. The molecule has 0 unspecified atom stereocenters. The zero-order valence-corrected chi connectivity index (χ0v) is 10.2. The minimum absolute atomic E-state index is 0.246. The quantitative estimate of drug-likeness (QED) is 0.774. The van der Waals surface area contributed by atoms with Gasteiger partial charge in [-0.25, -0.2) is 4.98 Å². The van der Waals surface area contributed by atoms with Crippen molar-refractivity contribution in [1.29, 1.82) is 0 Å². The Kier molecular flexibility index (Phi) is 3.07. The summed E-state index contributed by atoms with van der Waals surface area (Å²) in [5.41, 5.74) is 0. The minimum Gasteiger partial charge on any atom is -0.477 e. The van der Waals surface area contributed by atoms with Crippen molar-refractivity contribution in [2.24, 2.45) is 0 Å². The van der Waals surface area contributed by atoms with Crippen LogP contribution in [0, 0.1) is 6.92 Å². The molecule has 0 bridgehead atoms. The van der Waals surface area contributed by atoms with Crippen molar-refractivity contribution in [2.75, 3.05) is 6.61 Å². The molecule has 2 aromatic heterocycles. The maximum Gasteiger partial charge on any atom is 0.227 e. The molecular formula is C10H11ClN2OS. The molecule has 0 aliphatic rings. The molecule has 3 nitrogen and oxygen atoms in total. The van der Waals surface area contributed by atoms with Gasteiger partial charge in [0.15, 0.2) is 0 Å². The molecule has 2 aromatic rings. The first-order valence-corrected chi connectivity index (χ1v) is 5.96. The van der Waals surface area contributed by atoms with Gasteiger partial charge in [-0.3, -0.25) is 0 Å². The second kappa shape index (κ2) is 4.33. The van der Waals surface area contributed by atoms with Crippen LogP contribution >= 0.6 is 22.9 Å². The highest BCUT2D eigenvalue weighted by Crippen LogP contribution is 2.30. The van der Waals surface area contributed by atoms with E-state index < -0.39 is 0 Å². The van der Waals surface area contributed by atoms with Gasteiger partial charge in [0, 0.05) is 4.88 Å². The Labute approximate surface area is 97.1 Å². The predicted molar refractivity (Wildman–Crippen MR) is 62.9 cm³/mol. The highest BCUT2D eigenvalue weighted by atomic mass is 35.5. The summed E-state index contributed by atoms with van der Waals surface area (Å²) >= 11 is 7.41. The van der Waals surface area contributed by atoms with E-state index in [1.165, 1.54) is 4.88 Å². The van der Waals surface area contributed by atoms with Crippen molar-refractivity contribution >= 4 is 33.2 Å². The summed E-state index contributed by atoms with van der Waals surface area (Å²) in [5.74, 6) is 0.594. The number of hydrogen-bond acceptors (Lipinski definition) is 4. The Balaban J connectivity index is 2.50. The monoisotopic (exact) mass is 242 g/mol. The summed E-state index contributed by atoms with van der Waals surface area (Å²) in [7, 11) is 0. The number of nitrogens with zero attached hydrogens (tertiary/aromatic N) is 2. The van der Waals surface area contributed by atoms with Gasteiger partial charge in [-0.15, -0.1) is 11.3 Å². The van der Waals surface area contributed by atoms with E-state index >= 15 is 0 Å². The predicted octanol–water partition coefficient (Wildman–Crippen LogP) is 3.44. The van der Waals surface area contributed by atoms with Gasteiger partial charge < -0.3 is 4.74 Å². The second-order valence-electron chi connectivity index (χ2n) is 3.22. The minimum atomic E-state index is 0.246. The number of aromatic nitrogens is 2. The molecule has 0 aromatic carbocycles. The molecule has 0 radical (unpaired) electrons. The van der Waals surface area contributed by atoms with Crippen LogP contribution in [0.5, 0.6) is 5.88 Å². The van der Waals surface area contributed by atoms with Crippen molar-refractivity contribution in [3.63, 3.8) is 0 Å². The fourth-order valence-electron chi connectivity index (χ4n) is 1.30. The number of halogens is 1. The molecule has 0 spiro atoms. The lowest BCUT2D eigenvalue weighted by Gasteiger charge is -2.04. The van der Waals surface area contributed by atoms with Crippen molar-refractivity contribution in [3.8, 4) is 5.88 Å². The molecular weight excluding hydrogens is 232 g/mol. The van der Waals surface area contributed by atoms with E-state index in [-0.39, 0.29) is 5.28 Å². The molecule has 0 amide bonds. The largest absolute Gasteiger partial charge is 0.477 e. The van der Waals surface area contributed by atoms with Crippen molar-refractivity contribution in [3.05, 3.63) is 16.2 Å². The molecule has 0 N–H and O–H groups in total. The Hall–Kier alpha value is -0.870. The number of aryl methyl sites for hydroxylation is 1. The van der Waals surface area contributed by atoms with Gasteiger partial charge in [-0.1, -0.05) is 6.92 Å². The van der Waals surface area contributed by atoms with Crippen molar-refractivity contribution in [2.45, 2.75) is 20.3 Å². The Bertz CT molecular complexity index is 483. The van der Waals surface area contributed by atoms with Gasteiger partial charge in [0.2, 0.25) is 11.2 Å². The van der Waals surface area contributed by atoms with Gasteiger partial charge >= 0.3 is 0 Å². The van der Waals surface area contributed by atoms with Crippen molar-refractivity contribution in [1.82, 2.24) is 9.97 Å². The number of fused-ring (bicyclic) bond motifs is 1. The fourth-order valence-corrected chi connectivity index (χ4v) is 2.38. The highest BCUT2D eigenvalue weighted by Gasteiger charge is 2.10. The first kappa shape index (κ1) is 10.6. The summed E-state index contributed by atoms with van der Waals surface area (Å²) in [6.07, 6.45) is 0.951. The van der Waals surface area contributed by atoms with Crippen LogP contribution in [0.1, 0.15) is 18.2 Å². The molecule has 2 heterocycles. The van der Waals surface area contributed by atoms with Crippen LogP contribution in [-0.4, -0.2) is 16.6 Å². The van der Waals surface area contributed by atoms with Gasteiger partial charge in [0.05, 0.1) is 12.0 Å². The van der Waals surface area contributed by atoms with Crippen LogP contribution in [0.4, 0.5) is 0 Å². The number of hydrogen-bond donors (Lipinski definition) is 0. The molecule has 0 fully saturated rings. The lowest BCUT2D eigenvalue weighted by molar-refractivity contribution is 0.309. The molecule has 0 saturated carbocycles. The standard InChI is InChI=1S/C10H11ClN2OS/c1-3-4-14-8-7-5-6(2)15-9(7)13-10(11)12-8/h5H,3-4H2,1-2H3. The summed E-state index contributed by atoms with van der Waals surface area (Å²) in [6, 6.07) is 2.03. The zero-order valence-electron chi connectivity index (χ0n) is 8.58. The van der Waals surface area contributed by atoms with E-state index in [4.69, 9.17) is 16.3 Å². The third-order valence-electron chi connectivity index (χ3n) is 1.90. The van der Waals surface area contributed by atoms with Crippen LogP contribution in [0.2, 0.25) is 5.28 Å². The topological polar surface area (TPSA) is 35.0 Å². The highest BCUT2D eigenvalue weighted by molar-refractivity contribution is 7.18. The zero-order chi connectivity index (χ0) is 10.8. The van der Waals surface area contributed by atoms with E-state index in [1.807, 2.05) is 13.0 Å². The first-order chi connectivity index (χ1) is 7.20. The van der Waals surface area contributed by atoms with E-state index in [1.54, 1.807) is 11.3 Å². The van der Waals surface area contributed by atoms with Gasteiger partial charge in [0.25, 0.3) is 0 Å². The SMILES string of the molecule is CCCOc1nc(Cl)nc2sc(C)cc12. The van der Waals surface area contributed by atoms with E-state index in [0.717, 1.165) is 16.6 Å². The lowest BCUT2D eigenvalue weighted by atomic mass is 10.3. The fraction of sp³-hybridized carbons (Fsp3) is 0.400. The van der Waals surface area contributed by atoms with Gasteiger partial charge in [0.1, 0.15) is 4.83 Å². The van der Waals surface area contributed by atoms with Crippen molar-refractivity contribution < 1.29 is 4.74 Å². The lowest BCUT2D eigenvalue weighted by Crippen LogP contribution is -1.98. The van der Waals surface area contributed by atoms with E-state index in [0.29, 0.717) is 12.5 Å². The number of thiophene rings is 1. The molecule has 80 valence electrons. The smallest absolute Gasteiger partial charge is 0.227 e. The van der Waals surface area contributed by atoms with Crippen LogP contribution < -0.4 is 4.74 Å². The third-order valence-corrected chi connectivity index (χ3v) is 3.01. The number of rotatable bonds is 3. The summed E-state index contributed by atoms with van der Waals surface area (Å²) in [5, 5.41) is 1.20. The van der Waals surface area contributed by atoms with Gasteiger partial charge in [-0.05, 0) is 31.0 Å². The summed E-state index contributed by atoms with van der Waals surface area (Å²) in [6.45, 7) is 4.74. The van der Waals surface area contributed by atoms with Gasteiger partial charge in [-0.2, -0.15) is 4.98 Å². The molecule has 0 atom stereocenters. The maximum absolute atomic E-state index is 5.82. The molecule has 15 heavy (non-hydrogen) atoms. The molecule has 5 heteroatoms. The number of ether oxygens (including phenoxy) is 1.